The van der Waals surface area contributed by atoms with Crippen molar-refractivity contribution in [3.63, 3.8) is 0 Å². The quantitative estimate of drug-likeness (QED) is 0.884. The average Bonchev–Trinajstić information content (AvgIpc) is 3.11. The van der Waals surface area contributed by atoms with Crippen LogP contribution in [0.3, 0.4) is 0 Å². The molecule has 22 heavy (non-hydrogen) atoms. The molecule has 1 aromatic heterocycles. The Morgan fingerprint density at radius 3 is 2.82 bits per heavy atom. The molecular formula is C16H12N2O3S. The molecule has 110 valence electrons. The van der Waals surface area contributed by atoms with Gasteiger partial charge < -0.3 is 5.11 Å². The minimum atomic E-state index is -1.04. The van der Waals surface area contributed by atoms with Crippen LogP contribution in [-0.2, 0) is 4.79 Å². The van der Waals surface area contributed by atoms with Crippen molar-refractivity contribution in [2.24, 2.45) is 5.10 Å². The molecule has 3 rings (SSSR count). The number of aromatic carboxylic acids is 1. The first-order valence-corrected chi connectivity index (χ1v) is 7.43. The van der Waals surface area contributed by atoms with Crippen LogP contribution in [0, 0.1) is 0 Å². The van der Waals surface area contributed by atoms with Gasteiger partial charge in [0.05, 0.1) is 22.5 Å². The number of carbonyl (C=O) groups is 2. The molecule has 0 aliphatic carbocycles. The summed E-state index contributed by atoms with van der Waals surface area (Å²) in [5, 5.41) is 16.5. The minimum Gasteiger partial charge on any atom is -0.478 e. The maximum Gasteiger partial charge on any atom is 0.335 e. The van der Waals surface area contributed by atoms with Crippen LogP contribution in [0.5, 0.6) is 0 Å². The van der Waals surface area contributed by atoms with Crippen molar-refractivity contribution >= 4 is 40.7 Å². The number of anilines is 1. The number of rotatable bonds is 3. The maximum absolute atomic E-state index is 12.5. The predicted molar refractivity (Wildman–Crippen MR) is 86.3 cm³/mol. The Morgan fingerprint density at radius 1 is 1.32 bits per heavy atom. The van der Waals surface area contributed by atoms with E-state index in [-0.39, 0.29) is 11.5 Å². The lowest BCUT2D eigenvalue weighted by atomic mass is 10.1. The molecule has 0 atom stereocenters. The number of carbonyl (C=O) groups excluding carboxylic acids is 1. The summed E-state index contributed by atoms with van der Waals surface area (Å²) < 4.78 is 0. The first-order valence-electron chi connectivity index (χ1n) is 6.55. The molecule has 0 radical (unpaired) electrons. The van der Waals surface area contributed by atoms with Gasteiger partial charge in [-0.25, -0.2) is 4.79 Å². The zero-order valence-electron chi connectivity index (χ0n) is 11.7. The minimum absolute atomic E-state index is 0.119. The Kier molecular flexibility index (Phi) is 3.60. The summed E-state index contributed by atoms with van der Waals surface area (Å²) >= 11 is 1.54. The molecule has 1 aliphatic rings. The number of thiophene rings is 1. The zero-order valence-corrected chi connectivity index (χ0v) is 12.5. The van der Waals surface area contributed by atoms with Crippen LogP contribution in [0.25, 0.3) is 6.08 Å². The number of benzene rings is 1. The standard InChI is InChI=1S/C16H12N2O3S/c1-10-14(9-13-6-3-7-22-13)15(19)18(17-10)12-5-2-4-11(8-12)16(20)21/h2-9H,1H3,(H,20,21). The van der Waals surface area contributed by atoms with Crippen LogP contribution < -0.4 is 5.01 Å². The molecule has 2 heterocycles. The van der Waals surface area contributed by atoms with Crippen molar-refractivity contribution in [2.45, 2.75) is 6.92 Å². The first kappa shape index (κ1) is 14.2. The van der Waals surface area contributed by atoms with E-state index in [2.05, 4.69) is 5.10 Å². The fourth-order valence-electron chi connectivity index (χ4n) is 2.15. The molecule has 0 spiro atoms. The summed E-state index contributed by atoms with van der Waals surface area (Å²) in [6.45, 7) is 1.76. The maximum atomic E-state index is 12.5. The molecule has 0 unspecified atom stereocenters. The summed E-state index contributed by atoms with van der Waals surface area (Å²) in [5.74, 6) is -1.29. The topological polar surface area (TPSA) is 70.0 Å². The fraction of sp³-hybridized carbons (Fsp3) is 0.0625. The van der Waals surface area contributed by atoms with Crippen LogP contribution in [-0.4, -0.2) is 22.7 Å². The monoisotopic (exact) mass is 312 g/mol. The van der Waals surface area contributed by atoms with E-state index in [1.165, 1.54) is 28.5 Å². The highest BCUT2D eigenvalue weighted by Crippen LogP contribution is 2.26. The molecule has 2 aromatic rings. The van der Waals surface area contributed by atoms with E-state index in [1.807, 2.05) is 17.5 Å². The smallest absolute Gasteiger partial charge is 0.335 e. The van der Waals surface area contributed by atoms with E-state index in [9.17, 15) is 9.59 Å². The summed E-state index contributed by atoms with van der Waals surface area (Å²) in [6, 6.07) is 10.0. The molecule has 1 amide bonds. The average molecular weight is 312 g/mol. The van der Waals surface area contributed by atoms with E-state index < -0.39 is 5.97 Å². The zero-order chi connectivity index (χ0) is 15.7. The lowest BCUT2D eigenvalue weighted by Gasteiger charge is -2.12. The second kappa shape index (κ2) is 5.57. The van der Waals surface area contributed by atoms with Gasteiger partial charge in [-0.3, -0.25) is 4.79 Å². The van der Waals surface area contributed by atoms with Gasteiger partial charge in [-0.1, -0.05) is 12.1 Å². The SMILES string of the molecule is CC1=NN(c2cccc(C(=O)O)c2)C(=O)C1=Cc1cccs1. The van der Waals surface area contributed by atoms with Gasteiger partial charge >= 0.3 is 5.97 Å². The third-order valence-corrected chi connectivity index (χ3v) is 4.05. The highest BCUT2D eigenvalue weighted by molar-refractivity contribution is 7.10. The Labute approximate surface area is 130 Å². The molecule has 0 saturated carbocycles. The van der Waals surface area contributed by atoms with Crippen LogP contribution in [0.2, 0.25) is 0 Å². The number of nitrogens with zero attached hydrogens (tertiary/aromatic N) is 2. The number of carboxylic acid groups (broad SMARTS) is 1. The Hall–Kier alpha value is -2.73. The Bertz CT molecular complexity index is 807. The Balaban J connectivity index is 1.96. The van der Waals surface area contributed by atoms with Gasteiger partial charge in [0.2, 0.25) is 0 Å². The summed E-state index contributed by atoms with van der Waals surface area (Å²) in [7, 11) is 0. The third kappa shape index (κ3) is 2.56. The molecule has 5 nitrogen and oxygen atoms in total. The van der Waals surface area contributed by atoms with Gasteiger partial charge in [0, 0.05) is 4.88 Å². The number of hydrazone groups is 1. The van der Waals surface area contributed by atoms with Crippen LogP contribution in [0.15, 0.2) is 52.5 Å². The summed E-state index contributed by atoms with van der Waals surface area (Å²) in [5.41, 5.74) is 1.69. The molecule has 0 bridgehead atoms. The lowest BCUT2D eigenvalue weighted by Crippen LogP contribution is -2.21. The molecule has 6 heteroatoms. The highest BCUT2D eigenvalue weighted by Gasteiger charge is 2.29. The molecule has 1 aromatic carbocycles. The Morgan fingerprint density at radius 2 is 2.14 bits per heavy atom. The van der Waals surface area contributed by atoms with Crippen molar-refractivity contribution in [2.75, 3.05) is 5.01 Å². The van der Waals surface area contributed by atoms with E-state index in [0.717, 1.165) is 4.88 Å². The van der Waals surface area contributed by atoms with Crippen LogP contribution in [0.1, 0.15) is 22.2 Å². The van der Waals surface area contributed by atoms with Crippen molar-refractivity contribution in [3.05, 3.63) is 57.8 Å². The molecule has 0 saturated heterocycles. The van der Waals surface area contributed by atoms with E-state index in [1.54, 1.807) is 25.1 Å². The van der Waals surface area contributed by atoms with Gasteiger partial charge in [-0.05, 0) is 42.6 Å². The first-order chi connectivity index (χ1) is 10.6. The summed E-state index contributed by atoms with van der Waals surface area (Å²) in [4.78, 5) is 24.5. The van der Waals surface area contributed by atoms with Gasteiger partial charge in [0.1, 0.15) is 0 Å². The van der Waals surface area contributed by atoms with Crippen LogP contribution >= 0.6 is 11.3 Å². The van der Waals surface area contributed by atoms with Gasteiger partial charge in [-0.2, -0.15) is 10.1 Å². The second-order valence-electron chi connectivity index (χ2n) is 4.73. The number of amides is 1. The van der Waals surface area contributed by atoms with E-state index in [4.69, 9.17) is 5.11 Å². The van der Waals surface area contributed by atoms with Crippen LogP contribution in [0.4, 0.5) is 5.69 Å². The third-order valence-electron chi connectivity index (χ3n) is 3.23. The van der Waals surface area contributed by atoms with Gasteiger partial charge in [0.15, 0.2) is 0 Å². The largest absolute Gasteiger partial charge is 0.478 e. The highest BCUT2D eigenvalue weighted by atomic mass is 32.1. The molecule has 1 N–H and O–H groups in total. The van der Waals surface area contributed by atoms with Gasteiger partial charge in [0.25, 0.3) is 5.91 Å². The number of carboxylic acids is 1. The normalized spacial score (nSPS) is 16.2. The van der Waals surface area contributed by atoms with Crippen molar-refractivity contribution in [1.29, 1.82) is 0 Å². The van der Waals surface area contributed by atoms with Gasteiger partial charge in [-0.15, -0.1) is 11.3 Å². The summed E-state index contributed by atoms with van der Waals surface area (Å²) in [6.07, 6.45) is 1.80. The number of hydrogen-bond donors (Lipinski definition) is 1. The van der Waals surface area contributed by atoms with E-state index in [0.29, 0.717) is 17.0 Å². The van der Waals surface area contributed by atoms with Crippen molar-refractivity contribution < 1.29 is 14.7 Å². The van der Waals surface area contributed by atoms with Crippen molar-refractivity contribution in [3.8, 4) is 0 Å². The van der Waals surface area contributed by atoms with Crippen molar-refractivity contribution in [1.82, 2.24) is 0 Å². The second-order valence-corrected chi connectivity index (χ2v) is 5.71. The van der Waals surface area contributed by atoms with E-state index >= 15 is 0 Å². The lowest BCUT2D eigenvalue weighted by molar-refractivity contribution is -0.114. The number of hydrogen-bond acceptors (Lipinski definition) is 4. The molecule has 0 fully saturated rings. The molecule has 1 aliphatic heterocycles. The fourth-order valence-corrected chi connectivity index (χ4v) is 2.80. The molecular weight excluding hydrogens is 300 g/mol. The predicted octanol–water partition coefficient (Wildman–Crippen LogP) is 3.25.